The molecule has 0 atom stereocenters. The minimum atomic E-state index is -0.412. The molecule has 1 heterocycles. The van der Waals surface area contributed by atoms with Gasteiger partial charge in [-0.05, 0) is 24.6 Å². The number of nitrogens with one attached hydrogen (secondary N) is 1. The van der Waals surface area contributed by atoms with Gasteiger partial charge in [-0.3, -0.25) is 14.5 Å². The summed E-state index contributed by atoms with van der Waals surface area (Å²) in [5, 5.41) is 3.10. The van der Waals surface area contributed by atoms with E-state index in [2.05, 4.69) is 11.9 Å². The van der Waals surface area contributed by atoms with Crippen LogP contribution in [-0.4, -0.2) is 37.5 Å². The summed E-state index contributed by atoms with van der Waals surface area (Å²) in [6, 6.07) is 12.7. The number of ether oxygens (including phenoxy) is 2. The second-order valence-corrected chi connectivity index (χ2v) is 6.32. The molecule has 6 heteroatoms. The molecule has 0 spiro atoms. The fourth-order valence-corrected chi connectivity index (χ4v) is 3.02. The molecule has 2 aromatic rings. The lowest BCUT2D eigenvalue weighted by atomic mass is 10.0. The topological polar surface area (TPSA) is 67.9 Å². The molecule has 1 aliphatic rings. The van der Waals surface area contributed by atoms with Crippen LogP contribution >= 0.6 is 0 Å². The standard InChI is InChI=1S/C22H22N2O4/c1-5-12-24-21(25)19(15-8-6-14(2)7-9-15)20(22(24)26)23-17-13-16(27-3)10-11-18(17)28-4/h5-11,13,23H,1,12H2,2-4H3. The summed E-state index contributed by atoms with van der Waals surface area (Å²) in [5.74, 6) is 0.350. The zero-order chi connectivity index (χ0) is 20.3. The molecular weight excluding hydrogens is 356 g/mol. The van der Waals surface area contributed by atoms with Crippen LogP contribution in [0.25, 0.3) is 5.57 Å². The number of methoxy groups -OCH3 is 2. The number of anilines is 1. The Balaban J connectivity index is 2.12. The van der Waals surface area contributed by atoms with Crippen LogP contribution in [0.4, 0.5) is 5.69 Å². The maximum absolute atomic E-state index is 13.0. The van der Waals surface area contributed by atoms with E-state index in [9.17, 15) is 9.59 Å². The fourth-order valence-electron chi connectivity index (χ4n) is 3.02. The highest BCUT2D eigenvalue weighted by atomic mass is 16.5. The lowest BCUT2D eigenvalue weighted by molar-refractivity contribution is -0.136. The summed E-state index contributed by atoms with van der Waals surface area (Å²) in [5.41, 5.74) is 2.77. The number of carbonyl (C=O) groups excluding carboxylic acids is 2. The van der Waals surface area contributed by atoms with Crippen LogP contribution in [0, 0.1) is 6.92 Å². The van der Waals surface area contributed by atoms with Gasteiger partial charge in [0.1, 0.15) is 17.2 Å². The summed E-state index contributed by atoms with van der Waals surface area (Å²) in [6.45, 7) is 5.73. The second-order valence-electron chi connectivity index (χ2n) is 6.32. The van der Waals surface area contributed by atoms with Crippen LogP contribution in [0.3, 0.4) is 0 Å². The van der Waals surface area contributed by atoms with Crippen LogP contribution in [0.15, 0.2) is 60.8 Å². The molecular formula is C22H22N2O4. The van der Waals surface area contributed by atoms with Gasteiger partial charge in [0.25, 0.3) is 11.8 Å². The normalized spacial score (nSPS) is 13.8. The molecule has 2 amide bonds. The first-order chi connectivity index (χ1) is 13.5. The molecule has 0 unspecified atom stereocenters. The molecule has 3 rings (SSSR count). The predicted octanol–water partition coefficient (Wildman–Crippen LogP) is 3.39. The van der Waals surface area contributed by atoms with Gasteiger partial charge in [0.15, 0.2) is 0 Å². The molecule has 0 bridgehead atoms. The van der Waals surface area contributed by atoms with Crippen molar-refractivity contribution in [1.82, 2.24) is 4.90 Å². The number of benzene rings is 2. The van der Waals surface area contributed by atoms with Crippen molar-refractivity contribution < 1.29 is 19.1 Å². The van der Waals surface area contributed by atoms with E-state index in [0.29, 0.717) is 28.3 Å². The summed E-state index contributed by atoms with van der Waals surface area (Å²) >= 11 is 0. The number of rotatable bonds is 7. The number of imide groups is 1. The molecule has 0 radical (unpaired) electrons. The van der Waals surface area contributed by atoms with Gasteiger partial charge in [-0.2, -0.15) is 0 Å². The summed E-state index contributed by atoms with van der Waals surface area (Å²) in [7, 11) is 3.09. The van der Waals surface area contributed by atoms with E-state index in [4.69, 9.17) is 9.47 Å². The summed E-state index contributed by atoms with van der Waals surface area (Å²) in [6.07, 6.45) is 1.53. The highest BCUT2D eigenvalue weighted by Gasteiger charge is 2.38. The number of nitrogens with zero attached hydrogens (tertiary/aromatic N) is 1. The van der Waals surface area contributed by atoms with Crippen molar-refractivity contribution in [1.29, 1.82) is 0 Å². The molecule has 0 saturated heterocycles. The Morgan fingerprint density at radius 3 is 2.36 bits per heavy atom. The number of hydrogen-bond acceptors (Lipinski definition) is 5. The zero-order valence-corrected chi connectivity index (χ0v) is 16.1. The van der Waals surface area contributed by atoms with Crippen molar-refractivity contribution in [2.45, 2.75) is 6.92 Å². The molecule has 1 aliphatic heterocycles. The molecule has 2 aromatic carbocycles. The molecule has 1 N–H and O–H groups in total. The van der Waals surface area contributed by atoms with E-state index in [1.54, 1.807) is 25.3 Å². The maximum Gasteiger partial charge on any atom is 0.278 e. The number of carbonyl (C=O) groups is 2. The van der Waals surface area contributed by atoms with Gasteiger partial charge in [-0.15, -0.1) is 6.58 Å². The van der Waals surface area contributed by atoms with Crippen molar-refractivity contribution in [3.63, 3.8) is 0 Å². The number of aryl methyl sites for hydroxylation is 1. The SMILES string of the molecule is C=CCN1C(=O)C(Nc2cc(OC)ccc2OC)=C(c2ccc(C)cc2)C1=O. The lowest BCUT2D eigenvalue weighted by Gasteiger charge is -2.14. The van der Waals surface area contributed by atoms with Crippen LogP contribution < -0.4 is 14.8 Å². The van der Waals surface area contributed by atoms with Crippen molar-refractivity contribution in [3.05, 3.63) is 71.9 Å². The van der Waals surface area contributed by atoms with Crippen molar-refractivity contribution in [3.8, 4) is 11.5 Å². The molecule has 0 fully saturated rings. The molecule has 28 heavy (non-hydrogen) atoms. The number of hydrogen-bond donors (Lipinski definition) is 1. The minimum absolute atomic E-state index is 0.132. The lowest BCUT2D eigenvalue weighted by Crippen LogP contribution is -2.32. The Hall–Kier alpha value is -3.54. The minimum Gasteiger partial charge on any atom is -0.497 e. The maximum atomic E-state index is 13.0. The summed E-state index contributed by atoms with van der Waals surface area (Å²) in [4.78, 5) is 27.1. The first-order valence-corrected chi connectivity index (χ1v) is 8.77. The Bertz CT molecular complexity index is 961. The zero-order valence-electron chi connectivity index (χ0n) is 16.1. The van der Waals surface area contributed by atoms with Crippen LogP contribution in [0.1, 0.15) is 11.1 Å². The Kier molecular flexibility index (Phi) is 5.49. The number of amides is 2. The Morgan fingerprint density at radius 1 is 1.04 bits per heavy atom. The van der Waals surface area contributed by atoms with E-state index in [0.717, 1.165) is 10.5 Å². The predicted molar refractivity (Wildman–Crippen MR) is 108 cm³/mol. The quantitative estimate of drug-likeness (QED) is 0.591. The average Bonchev–Trinajstić information content (AvgIpc) is 2.93. The summed E-state index contributed by atoms with van der Waals surface area (Å²) < 4.78 is 10.6. The van der Waals surface area contributed by atoms with Crippen LogP contribution in [0.2, 0.25) is 0 Å². The van der Waals surface area contributed by atoms with Gasteiger partial charge >= 0.3 is 0 Å². The third kappa shape index (κ3) is 3.49. The molecule has 0 saturated carbocycles. The highest BCUT2D eigenvalue weighted by molar-refractivity contribution is 6.36. The third-order valence-corrected chi connectivity index (χ3v) is 4.49. The van der Waals surface area contributed by atoms with Crippen molar-refractivity contribution in [2.75, 3.05) is 26.1 Å². The fraction of sp³-hybridized carbons (Fsp3) is 0.182. The van der Waals surface area contributed by atoms with Crippen LogP contribution in [0.5, 0.6) is 11.5 Å². The third-order valence-electron chi connectivity index (χ3n) is 4.49. The van der Waals surface area contributed by atoms with E-state index in [1.165, 1.54) is 13.2 Å². The average molecular weight is 378 g/mol. The van der Waals surface area contributed by atoms with E-state index in [1.807, 2.05) is 31.2 Å². The van der Waals surface area contributed by atoms with Gasteiger partial charge in [0, 0.05) is 12.6 Å². The van der Waals surface area contributed by atoms with E-state index in [-0.39, 0.29) is 18.1 Å². The van der Waals surface area contributed by atoms with Gasteiger partial charge in [-0.1, -0.05) is 35.9 Å². The van der Waals surface area contributed by atoms with Crippen molar-refractivity contribution in [2.24, 2.45) is 0 Å². The first-order valence-electron chi connectivity index (χ1n) is 8.77. The van der Waals surface area contributed by atoms with E-state index >= 15 is 0 Å². The van der Waals surface area contributed by atoms with Crippen LogP contribution in [-0.2, 0) is 9.59 Å². The second kappa shape index (κ2) is 8.00. The Labute approximate surface area is 164 Å². The molecule has 0 aliphatic carbocycles. The largest absolute Gasteiger partial charge is 0.497 e. The molecule has 144 valence electrons. The molecule has 0 aromatic heterocycles. The smallest absolute Gasteiger partial charge is 0.278 e. The van der Waals surface area contributed by atoms with Gasteiger partial charge in [-0.25, -0.2) is 0 Å². The Morgan fingerprint density at radius 2 is 1.75 bits per heavy atom. The highest BCUT2D eigenvalue weighted by Crippen LogP contribution is 2.35. The van der Waals surface area contributed by atoms with Gasteiger partial charge in [0.05, 0.1) is 25.5 Å². The van der Waals surface area contributed by atoms with Crippen molar-refractivity contribution >= 4 is 23.1 Å². The van der Waals surface area contributed by atoms with E-state index < -0.39 is 5.91 Å². The monoisotopic (exact) mass is 378 g/mol. The van der Waals surface area contributed by atoms with Gasteiger partial charge < -0.3 is 14.8 Å². The molecule has 6 nitrogen and oxygen atoms in total. The first kappa shape index (κ1) is 19.2. The van der Waals surface area contributed by atoms with Gasteiger partial charge in [0.2, 0.25) is 0 Å².